The zero-order chi connectivity index (χ0) is 41.4. The SMILES string of the molecule is CO[C@H]1C[C@H](O[C@@H]2/C(C)=C\C[C@@H]3C[C@@H](C[C@]4(CC[C@H](C)[C@@H](C5CCCCC5)O4)O3)OC(=O)[C@@H]3C=C(C)/C(=N\O)[C@H]4OCC(=C/C=C\[C@@H]2C)[C@]43O)O[C@@H](C)[C@@H]1OC(C)=O. The Morgan fingerprint density at radius 2 is 1.81 bits per heavy atom. The van der Waals surface area contributed by atoms with Crippen LogP contribution in [0.3, 0.4) is 0 Å². The number of aliphatic hydroxyl groups is 1. The number of carbonyl (C=O) groups excluding carboxylic acids is 2. The van der Waals surface area contributed by atoms with Gasteiger partial charge in [-0.25, -0.2) is 0 Å². The molecule has 7 rings (SSSR count). The maximum atomic E-state index is 14.4. The van der Waals surface area contributed by atoms with Crippen LogP contribution < -0.4 is 0 Å². The molecule has 1 saturated carbocycles. The molecule has 14 atom stereocenters. The summed E-state index contributed by atoms with van der Waals surface area (Å²) in [5.41, 5.74) is 0.300. The first kappa shape index (κ1) is 43.2. The Labute approximate surface area is 343 Å². The summed E-state index contributed by atoms with van der Waals surface area (Å²) in [6.07, 6.45) is 14.3. The summed E-state index contributed by atoms with van der Waals surface area (Å²) in [5.74, 6) is -2.32. The largest absolute Gasteiger partial charge is 0.462 e. The van der Waals surface area contributed by atoms with Gasteiger partial charge in [-0.15, -0.1) is 0 Å². The number of carbonyl (C=O) groups is 2. The molecule has 58 heavy (non-hydrogen) atoms. The molecular formula is C45H65NO12. The monoisotopic (exact) mass is 811 g/mol. The molecule has 0 unspecified atom stereocenters. The highest BCUT2D eigenvalue weighted by Gasteiger charge is 2.60. The molecule has 0 aromatic carbocycles. The van der Waals surface area contributed by atoms with Gasteiger partial charge in [0.25, 0.3) is 0 Å². The molecule has 0 aromatic rings. The minimum Gasteiger partial charge on any atom is -0.462 e. The van der Waals surface area contributed by atoms with E-state index in [2.05, 4.69) is 25.1 Å². The molecule has 13 nitrogen and oxygen atoms in total. The van der Waals surface area contributed by atoms with Crippen LogP contribution in [0.1, 0.15) is 112 Å². The molecule has 0 radical (unpaired) electrons. The van der Waals surface area contributed by atoms with E-state index in [1.165, 1.54) is 26.2 Å². The zero-order valence-electron chi connectivity index (χ0n) is 35.3. The minimum absolute atomic E-state index is 0.0232. The molecule has 0 amide bonds. The van der Waals surface area contributed by atoms with Crippen molar-refractivity contribution in [3.8, 4) is 0 Å². The van der Waals surface area contributed by atoms with Crippen molar-refractivity contribution in [3.05, 3.63) is 47.1 Å². The Kier molecular flexibility index (Phi) is 13.4. The number of hydrogen-bond acceptors (Lipinski definition) is 13. The number of nitrogens with zero attached hydrogens (tertiary/aromatic N) is 1. The summed E-state index contributed by atoms with van der Waals surface area (Å²) in [7, 11) is 1.59. The predicted octanol–water partition coefficient (Wildman–Crippen LogP) is 6.64. The van der Waals surface area contributed by atoms with Crippen LogP contribution in [0.4, 0.5) is 0 Å². The Hall–Kier alpha value is -2.91. The zero-order valence-corrected chi connectivity index (χ0v) is 35.3. The van der Waals surface area contributed by atoms with E-state index in [9.17, 15) is 19.9 Å². The third kappa shape index (κ3) is 8.78. The third-order valence-electron chi connectivity index (χ3n) is 13.8. The van der Waals surface area contributed by atoms with Crippen LogP contribution in [-0.2, 0) is 47.5 Å². The van der Waals surface area contributed by atoms with Gasteiger partial charge in [-0.2, -0.15) is 0 Å². The lowest BCUT2D eigenvalue weighted by Crippen LogP contribution is -2.57. The van der Waals surface area contributed by atoms with Crippen LogP contribution in [0.25, 0.3) is 0 Å². The second kappa shape index (κ2) is 18.0. The van der Waals surface area contributed by atoms with Gasteiger partial charge in [0.15, 0.2) is 18.2 Å². The van der Waals surface area contributed by atoms with E-state index < -0.39 is 72.2 Å². The standard InChI is InChI=1S/C45H65NO12/c1-25-12-11-15-32-24-52-42-38(46-50)28(4)20-35(45(32,42)49)43(48)55-34-21-33(57-44(23-34)19-18-27(3)40(58-44)31-13-9-8-10-14-31)17-16-26(2)39(25)56-37-22-36(51-7)41(29(5)53-37)54-30(6)47/h11-12,15-16,20,25,27,29,31,33-37,39-42,49-50H,8-10,13-14,17-19,21-24H2,1-7H3/b12-11-,26-16-,32-15?,46-38+/t25-,27-,29-,33+,34-,35-,36-,37-,39-,40-,41-,42+,44+,45+/m0/s1. The van der Waals surface area contributed by atoms with Crippen molar-refractivity contribution in [1.82, 2.24) is 0 Å². The number of hydrogen-bond donors (Lipinski definition) is 2. The number of rotatable bonds is 5. The first-order valence-corrected chi connectivity index (χ1v) is 21.6. The van der Waals surface area contributed by atoms with Gasteiger partial charge in [-0.1, -0.05) is 68.6 Å². The van der Waals surface area contributed by atoms with Crippen LogP contribution in [-0.4, -0.2) is 108 Å². The van der Waals surface area contributed by atoms with Crippen molar-refractivity contribution >= 4 is 17.7 Å². The fourth-order valence-electron chi connectivity index (χ4n) is 10.7. The molecule has 2 aliphatic carbocycles. The summed E-state index contributed by atoms with van der Waals surface area (Å²) >= 11 is 0. The number of methoxy groups -OCH3 is 1. The van der Waals surface area contributed by atoms with Crippen LogP contribution >= 0.6 is 0 Å². The fraction of sp³-hybridized carbons (Fsp3) is 0.756. The van der Waals surface area contributed by atoms with Gasteiger partial charge in [0.05, 0.1) is 31.0 Å². The van der Waals surface area contributed by atoms with E-state index in [4.69, 9.17) is 37.9 Å². The molecule has 2 bridgehead atoms. The molecule has 7 aliphatic rings. The lowest BCUT2D eigenvalue weighted by atomic mass is 9.71. The molecule has 2 N–H and O–H groups in total. The van der Waals surface area contributed by atoms with Crippen molar-refractivity contribution in [2.45, 2.75) is 179 Å². The highest BCUT2D eigenvalue weighted by Crippen LogP contribution is 2.48. The highest BCUT2D eigenvalue weighted by molar-refractivity contribution is 6.06. The maximum absolute atomic E-state index is 14.4. The normalized spacial score (nSPS) is 45.0. The average Bonchev–Trinajstić information content (AvgIpc) is 3.53. The molecule has 4 saturated heterocycles. The van der Waals surface area contributed by atoms with Crippen molar-refractivity contribution < 1.29 is 57.8 Å². The Morgan fingerprint density at radius 3 is 2.53 bits per heavy atom. The van der Waals surface area contributed by atoms with Gasteiger partial charge in [0.2, 0.25) is 0 Å². The summed E-state index contributed by atoms with van der Waals surface area (Å²) in [6, 6.07) is 0. The van der Waals surface area contributed by atoms with E-state index in [0.29, 0.717) is 55.1 Å². The number of oxime groups is 1. The van der Waals surface area contributed by atoms with Crippen LogP contribution in [0.5, 0.6) is 0 Å². The third-order valence-corrected chi connectivity index (χ3v) is 13.8. The predicted molar refractivity (Wildman–Crippen MR) is 213 cm³/mol. The van der Waals surface area contributed by atoms with Gasteiger partial charge in [0.1, 0.15) is 35.5 Å². The number of esters is 2. The highest BCUT2D eigenvalue weighted by atomic mass is 16.7. The quantitative estimate of drug-likeness (QED) is 0.132. The summed E-state index contributed by atoms with van der Waals surface area (Å²) in [6.45, 7) is 11.4. The first-order chi connectivity index (χ1) is 27.7. The fourth-order valence-corrected chi connectivity index (χ4v) is 10.7. The minimum atomic E-state index is -1.85. The Morgan fingerprint density at radius 1 is 1.03 bits per heavy atom. The van der Waals surface area contributed by atoms with E-state index >= 15 is 0 Å². The topological polar surface area (TPSA) is 161 Å². The molecule has 322 valence electrons. The van der Waals surface area contributed by atoms with E-state index in [1.54, 1.807) is 26.2 Å². The molecular weight excluding hydrogens is 746 g/mol. The van der Waals surface area contributed by atoms with E-state index in [-0.39, 0.29) is 30.4 Å². The first-order valence-electron chi connectivity index (χ1n) is 21.6. The molecule has 5 heterocycles. The Bertz CT molecular complexity index is 1670. The molecule has 13 heteroatoms. The van der Waals surface area contributed by atoms with Crippen LogP contribution in [0.2, 0.25) is 0 Å². The van der Waals surface area contributed by atoms with Gasteiger partial charge in [0, 0.05) is 45.6 Å². The van der Waals surface area contributed by atoms with Crippen molar-refractivity contribution in [1.29, 1.82) is 0 Å². The molecule has 0 aromatic heterocycles. The smallest absolute Gasteiger partial charge is 0.316 e. The second-order valence-electron chi connectivity index (χ2n) is 18.0. The van der Waals surface area contributed by atoms with Gasteiger partial charge in [-0.05, 0) is 75.0 Å². The van der Waals surface area contributed by atoms with Crippen molar-refractivity contribution in [2.24, 2.45) is 28.8 Å². The van der Waals surface area contributed by atoms with Gasteiger partial charge >= 0.3 is 11.9 Å². The summed E-state index contributed by atoms with van der Waals surface area (Å²) in [5, 5.41) is 26.1. The summed E-state index contributed by atoms with van der Waals surface area (Å²) < 4.78 is 51.2. The van der Waals surface area contributed by atoms with E-state index in [0.717, 1.165) is 24.8 Å². The summed E-state index contributed by atoms with van der Waals surface area (Å²) in [4.78, 5) is 26.3. The van der Waals surface area contributed by atoms with Crippen molar-refractivity contribution in [3.63, 3.8) is 0 Å². The molecule has 5 aliphatic heterocycles. The average molecular weight is 812 g/mol. The van der Waals surface area contributed by atoms with E-state index in [1.807, 2.05) is 26.0 Å². The lowest BCUT2D eigenvalue weighted by Gasteiger charge is -2.51. The maximum Gasteiger partial charge on any atom is 0.316 e. The second-order valence-corrected chi connectivity index (χ2v) is 18.0. The van der Waals surface area contributed by atoms with Crippen molar-refractivity contribution in [2.75, 3.05) is 13.7 Å². The number of ether oxygens (including phenoxy) is 8. The lowest BCUT2D eigenvalue weighted by molar-refractivity contribution is -0.342. The number of fused-ring (bicyclic) bond motifs is 2. The molecule has 1 spiro atoms. The van der Waals surface area contributed by atoms with Gasteiger partial charge in [-0.3, -0.25) is 9.59 Å². The van der Waals surface area contributed by atoms with Crippen LogP contribution in [0, 0.1) is 23.7 Å². The Balaban J connectivity index is 1.24. The van der Waals surface area contributed by atoms with Gasteiger partial charge < -0.3 is 48.2 Å². The number of allylic oxidation sites excluding steroid dienone is 2. The van der Waals surface area contributed by atoms with Crippen LogP contribution in [0.15, 0.2) is 52.3 Å². The molecule has 5 fully saturated rings.